The van der Waals surface area contributed by atoms with Crippen molar-refractivity contribution in [2.24, 2.45) is 12.0 Å². The van der Waals surface area contributed by atoms with Crippen molar-refractivity contribution in [1.82, 2.24) is 20.4 Å². The Balaban J connectivity index is 0.00000288. The first-order valence-corrected chi connectivity index (χ1v) is 7.30. The van der Waals surface area contributed by atoms with E-state index in [1.807, 2.05) is 36.0 Å². The highest BCUT2D eigenvalue weighted by Crippen LogP contribution is 2.30. The van der Waals surface area contributed by atoms with E-state index in [2.05, 4.69) is 20.7 Å². The zero-order valence-electron chi connectivity index (χ0n) is 14.4. The molecule has 7 nitrogen and oxygen atoms in total. The highest BCUT2D eigenvalue weighted by atomic mass is 127. The number of methoxy groups -OCH3 is 2. The number of benzene rings is 1. The molecule has 24 heavy (non-hydrogen) atoms. The molecule has 0 spiro atoms. The van der Waals surface area contributed by atoms with Gasteiger partial charge in [0.15, 0.2) is 17.5 Å². The van der Waals surface area contributed by atoms with Gasteiger partial charge in [0.05, 0.1) is 26.5 Å². The number of rotatable bonds is 6. The summed E-state index contributed by atoms with van der Waals surface area (Å²) in [4.78, 5) is 4.22. The van der Waals surface area contributed by atoms with Crippen LogP contribution in [0.4, 0.5) is 0 Å². The van der Waals surface area contributed by atoms with Crippen LogP contribution in [0.25, 0.3) is 0 Å². The summed E-state index contributed by atoms with van der Waals surface area (Å²) in [6, 6.07) is 7.76. The second-order valence-electron chi connectivity index (χ2n) is 4.88. The molecule has 0 amide bonds. The van der Waals surface area contributed by atoms with Gasteiger partial charge in [-0.15, -0.1) is 24.0 Å². The minimum atomic E-state index is 0. The molecular formula is C16H24IN5O2. The first-order chi connectivity index (χ1) is 11.2. The number of hydrogen-bond acceptors (Lipinski definition) is 4. The number of ether oxygens (including phenoxy) is 2. The van der Waals surface area contributed by atoms with Crippen molar-refractivity contribution >= 4 is 29.9 Å². The molecule has 8 heteroatoms. The van der Waals surface area contributed by atoms with Gasteiger partial charge in [0.2, 0.25) is 0 Å². The number of aliphatic imine (C=N–C) groups is 1. The van der Waals surface area contributed by atoms with Crippen LogP contribution in [0, 0.1) is 0 Å². The van der Waals surface area contributed by atoms with Gasteiger partial charge in [0, 0.05) is 32.4 Å². The third-order valence-electron chi connectivity index (χ3n) is 3.51. The van der Waals surface area contributed by atoms with Gasteiger partial charge in [-0.25, -0.2) is 0 Å². The van der Waals surface area contributed by atoms with Gasteiger partial charge in [-0.1, -0.05) is 12.1 Å². The minimum Gasteiger partial charge on any atom is -0.493 e. The van der Waals surface area contributed by atoms with Gasteiger partial charge in [0.1, 0.15) is 0 Å². The number of aromatic nitrogens is 2. The van der Waals surface area contributed by atoms with Crippen LogP contribution in [-0.4, -0.2) is 37.0 Å². The summed E-state index contributed by atoms with van der Waals surface area (Å²) in [5.74, 6) is 2.14. The third-order valence-corrected chi connectivity index (χ3v) is 3.51. The molecular weight excluding hydrogens is 421 g/mol. The van der Waals surface area contributed by atoms with Gasteiger partial charge in [-0.05, 0) is 12.1 Å². The van der Waals surface area contributed by atoms with Crippen LogP contribution in [-0.2, 0) is 20.1 Å². The van der Waals surface area contributed by atoms with E-state index in [-0.39, 0.29) is 24.0 Å². The maximum atomic E-state index is 5.43. The number of halogens is 1. The van der Waals surface area contributed by atoms with Crippen molar-refractivity contribution in [2.45, 2.75) is 13.1 Å². The summed E-state index contributed by atoms with van der Waals surface area (Å²) in [6.07, 6.45) is 1.77. The highest BCUT2D eigenvalue weighted by molar-refractivity contribution is 14.0. The summed E-state index contributed by atoms with van der Waals surface area (Å²) >= 11 is 0. The van der Waals surface area contributed by atoms with Gasteiger partial charge in [0.25, 0.3) is 0 Å². The molecule has 2 rings (SSSR count). The Morgan fingerprint density at radius 2 is 1.92 bits per heavy atom. The standard InChI is InChI=1S/C16H23N5O2.HI/c1-17-16(19-11-13-8-9-20-21(13)2)18-10-12-6-5-7-14(22-3)15(12)23-4;/h5-9H,10-11H2,1-4H3,(H2,17,18,19);1H. The summed E-state index contributed by atoms with van der Waals surface area (Å²) in [5, 5.41) is 10.7. The largest absolute Gasteiger partial charge is 0.493 e. The van der Waals surface area contributed by atoms with Crippen LogP contribution in [0.3, 0.4) is 0 Å². The van der Waals surface area contributed by atoms with E-state index in [1.54, 1.807) is 27.5 Å². The molecule has 0 aliphatic carbocycles. The van der Waals surface area contributed by atoms with Crippen LogP contribution < -0.4 is 20.1 Å². The maximum absolute atomic E-state index is 5.43. The molecule has 1 aromatic carbocycles. The Labute approximate surface area is 159 Å². The van der Waals surface area contributed by atoms with Crippen molar-refractivity contribution in [2.75, 3.05) is 21.3 Å². The predicted octanol–water partition coefficient (Wildman–Crippen LogP) is 1.92. The van der Waals surface area contributed by atoms with Gasteiger partial charge >= 0.3 is 0 Å². The molecule has 1 aromatic heterocycles. The zero-order valence-corrected chi connectivity index (χ0v) is 16.7. The van der Waals surface area contributed by atoms with Crippen LogP contribution >= 0.6 is 24.0 Å². The van der Waals surface area contributed by atoms with Crippen LogP contribution in [0.5, 0.6) is 11.5 Å². The smallest absolute Gasteiger partial charge is 0.191 e. The number of hydrogen-bond donors (Lipinski definition) is 2. The SMILES string of the molecule is CN=C(NCc1cccc(OC)c1OC)NCc1ccnn1C.I. The summed E-state index contributed by atoms with van der Waals surface area (Å²) < 4.78 is 12.6. The number of guanidine groups is 1. The lowest BCUT2D eigenvalue weighted by atomic mass is 10.2. The highest BCUT2D eigenvalue weighted by Gasteiger charge is 2.10. The molecule has 0 saturated heterocycles. The number of aryl methyl sites for hydroxylation is 1. The quantitative estimate of drug-likeness (QED) is 0.404. The van der Waals surface area contributed by atoms with Gasteiger partial charge in [-0.2, -0.15) is 5.10 Å². The first-order valence-electron chi connectivity index (χ1n) is 7.30. The van der Waals surface area contributed by atoms with Crippen molar-refractivity contribution in [3.63, 3.8) is 0 Å². The summed E-state index contributed by atoms with van der Waals surface area (Å²) in [6.45, 7) is 1.22. The summed E-state index contributed by atoms with van der Waals surface area (Å²) in [5.41, 5.74) is 2.07. The molecule has 1 heterocycles. The third kappa shape index (κ3) is 5.02. The first kappa shape index (κ1) is 20.1. The van der Waals surface area contributed by atoms with E-state index in [0.29, 0.717) is 24.8 Å². The minimum absolute atomic E-state index is 0. The van der Waals surface area contributed by atoms with Crippen molar-refractivity contribution in [3.8, 4) is 11.5 Å². The normalized spacial score (nSPS) is 10.8. The fourth-order valence-electron chi connectivity index (χ4n) is 2.24. The predicted molar refractivity (Wildman–Crippen MR) is 105 cm³/mol. The molecule has 0 bridgehead atoms. The molecule has 0 fully saturated rings. The second kappa shape index (κ2) is 10.0. The Morgan fingerprint density at radius 1 is 1.17 bits per heavy atom. The number of nitrogens with one attached hydrogen (secondary N) is 2. The monoisotopic (exact) mass is 445 g/mol. The molecule has 132 valence electrons. The van der Waals surface area contributed by atoms with Crippen molar-refractivity contribution in [3.05, 3.63) is 41.7 Å². The molecule has 0 aliphatic heterocycles. The number of para-hydroxylation sites is 1. The average Bonchev–Trinajstić information content (AvgIpc) is 2.99. The molecule has 0 saturated carbocycles. The molecule has 0 radical (unpaired) electrons. The van der Waals surface area contributed by atoms with Crippen LogP contribution in [0.1, 0.15) is 11.3 Å². The Kier molecular flexibility index (Phi) is 8.37. The summed E-state index contributed by atoms with van der Waals surface area (Å²) in [7, 11) is 6.91. The van der Waals surface area contributed by atoms with Gasteiger partial charge < -0.3 is 20.1 Å². The molecule has 0 aliphatic rings. The van der Waals surface area contributed by atoms with E-state index >= 15 is 0 Å². The zero-order chi connectivity index (χ0) is 16.7. The Bertz CT molecular complexity index is 672. The van der Waals surface area contributed by atoms with E-state index in [4.69, 9.17) is 9.47 Å². The Morgan fingerprint density at radius 3 is 2.50 bits per heavy atom. The van der Waals surface area contributed by atoms with Crippen molar-refractivity contribution < 1.29 is 9.47 Å². The Hall–Kier alpha value is -1.97. The topological polar surface area (TPSA) is 72.7 Å². The van der Waals surface area contributed by atoms with Gasteiger partial charge in [-0.3, -0.25) is 9.67 Å². The fraction of sp³-hybridized carbons (Fsp3) is 0.375. The van der Waals surface area contributed by atoms with E-state index in [1.165, 1.54) is 0 Å². The fourth-order valence-corrected chi connectivity index (χ4v) is 2.24. The average molecular weight is 445 g/mol. The van der Waals surface area contributed by atoms with E-state index in [9.17, 15) is 0 Å². The maximum Gasteiger partial charge on any atom is 0.191 e. The van der Waals surface area contributed by atoms with Crippen LogP contribution in [0.2, 0.25) is 0 Å². The lowest BCUT2D eigenvalue weighted by Gasteiger charge is -2.15. The molecule has 0 unspecified atom stereocenters. The van der Waals surface area contributed by atoms with Crippen molar-refractivity contribution in [1.29, 1.82) is 0 Å². The molecule has 2 aromatic rings. The number of nitrogens with zero attached hydrogens (tertiary/aromatic N) is 3. The molecule has 2 N–H and O–H groups in total. The van der Waals surface area contributed by atoms with Crippen LogP contribution in [0.15, 0.2) is 35.5 Å². The lowest BCUT2D eigenvalue weighted by Crippen LogP contribution is -2.36. The molecule has 0 atom stereocenters. The van der Waals surface area contributed by atoms with E-state index < -0.39 is 0 Å². The van der Waals surface area contributed by atoms with E-state index in [0.717, 1.165) is 17.0 Å². The lowest BCUT2D eigenvalue weighted by molar-refractivity contribution is 0.351. The second-order valence-corrected chi connectivity index (χ2v) is 4.88.